The average molecular weight is 359 g/mol. The maximum Gasteiger partial charge on any atom is 0.126 e. The second-order valence-electron chi connectivity index (χ2n) is 7.33. The van der Waals surface area contributed by atoms with Gasteiger partial charge in [0.25, 0.3) is 0 Å². The number of hydrogen-bond acceptors (Lipinski definition) is 3. The van der Waals surface area contributed by atoms with E-state index in [0.29, 0.717) is 6.61 Å². The quantitative estimate of drug-likeness (QED) is 0.661. The van der Waals surface area contributed by atoms with E-state index < -0.39 is 0 Å². The van der Waals surface area contributed by atoms with Crippen LogP contribution in [0.3, 0.4) is 0 Å². The third-order valence-corrected chi connectivity index (χ3v) is 5.67. The van der Waals surface area contributed by atoms with Crippen molar-refractivity contribution in [3.05, 3.63) is 88.5 Å². The smallest absolute Gasteiger partial charge is 0.126 e. The normalized spacial score (nSPS) is 18.5. The molecule has 0 aromatic heterocycles. The first kappa shape index (κ1) is 17.5. The molecule has 0 amide bonds. The molecule has 0 saturated heterocycles. The Balaban J connectivity index is 1.84. The maximum atomic E-state index is 9.87. The molecule has 3 aromatic carbocycles. The standard InChI is InChI=1S/C24H25NO2/c1-15-4-5-18(12-16(15)2)22-14-27-23-13-20(26)10-11-21(23)24(22)17-6-8-19(25-3)9-7-17/h4-13,22,24-26H,14H2,1-3H3. The lowest BCUT2D eigenvalue weighted by Gasteiger charge is -2.35. The van der Waals surface area contributed by atoms with Crippen molar-refractivity contribution in [1.82, 2.24) is 0 Å². The fraction of sp³-hybridized carbons (Fsp3) is 0.250. The van der Waals surface area contributed by atoms with Crippen LogP contribution in [0, 0.1) is 13.8 Å². The van der Waals surface area contributed by atoms with E-state index in [1.165, 1.54) is 22.3 Å². The van der Waals surface area contributed by atoms with E-state index in [9.17, 15) is 5.11 Å². The van der Waals surface area contributed by atoms with Crippen LogP contribution in [0.4, 0.5) is 5.69 Å². The molecule has 3 nitrogen and oxygen atoms in total. The van der Waals surface area contributed by atoms with Crippen LogP contribution in [0.5, 0.6) is 11.5 Å². The topological polar surface area (TPSA) is 41.5 Å². The summed E-state index contributed by atoms with van der Waals surface area (Å²) in [5, 5.41) is 13.1. The van der Waals surface area contributed by atoms with E-state index in [-0.39, 0.29) is 17.6 Å². The zero-order chi connectivity index (χ0) is 19.0. The first-order valence-electron chi connectivity index (χ1n) is 9.37. The van der Waals surface area contributed by atoms with Crippen LogP contribution in [0.1, 0.15) is 39.7 Å². The summed E-state index contributed by atoms with van der Waals surface area (Å²) in [5.41, 5.74) is 7.37. The van der Waals surface area contributed by atoms with Gasteiger partial charge >= 0.3 is 0 Å². The molecule has 0 radical (unpaired) electrons. The molecular formula is C24H25NO2. The summed E-state index contributed by atoms with van der Waals surface area (Å²) in [4.78, 5) is 0. The van der Waals surface area contributed by atoms with Crippen molar-refractivity contribution in [3.8, 4) is 11.5 Å². The van der Waals surface area contributed by atoms with E-state index in [0.717, 1.165) is 17.0 Å². The molecule has 0 aliphatic carbocycles. The number of ether oxygens (including phenoxy) is 1. The second-order valence-corrected chi connectivity index (χ2v) is 7.33. The molecule has 3 heteroatoms. The Kier molecular flexibility index (Phi) is 4.53. The predicted octanol–water partition coefficient (Wildman–Crippen LogP) is 5.36. The van der Waals surface area contributed by atoms with Gasteiger partial charge in [-0.1, -0.05) is 36.4 Å². The molecular weight excluding hydrogens is 334 g/mol. The van der Waals surface area contributed by atoms with E-state index in [4.69, 9.17) is 4.74 Å². The number of aromatic hydroxyl groups is 1. The maximum absolute atomic E-state index is 9.87. The average Bonchev–Trinajstić information content (AvgIpc) is 2.69. The number of phenols is 1. The van der Waals surface area contributed by atoms with Crippen molar-refractivity contribution in [2.75, 3.05) is 19.0 Å². The number of benzene rings is 3. The van der Waals surface area contributed by atoms with Gasteiger partial charge in [0.05, 0.1) is 6.61 Å². The first-order chi connectivity index (χ1) is 13.1. The Morgan fingerprint density at radius 3 is 2.33 bits per heavy atom. The highest BCUT2D eigenvalue weighted by molar-refractivity contribution is 5.53. The molecule has 2 N–H and O–H groups in total. The molecule has 138 valence electrons. The predicted molar refractivity (Wildman–Crippen MR) is 110 cm³/mol. The lowest BCUT2D eigenvalue weighted by atomic mass is 9.75. The van der Waals surface area contributed by atoms with Gasteiger partial charge in [0.2, 0.25) is 0 Å². The van der Waals surface area contributed by atoms with E-state index in [2.05, 4.69) is 61.6 Å². The molecule has 4 rings (SSSR count). The van der Waals surface area contributed by atoms with Gasteiger partial charge in [0.1, 0.15) is 11.5 Å². The minimum Gasteiger partial charge on any atom is -0.508 e. The Bertz CT molecular complexity index is 963. The van der Waals surface area contributed by atoms with Crippen molar-refractivity contribution in [2.24, 2.45) is 0 Å². The van der Waals surface area contributed by atoms with Crippen LogP contribution < -0.4 is 10.1 Å². The van der Waals surface area contributed by atoms with Gasteiger partial charge in [-0.25, -0.2) is 0 Å². The molecule has 0 fully saturated rings. The van der Waals surface area contributed by atoms with Crippen molar-refractivity contribution in [3.63, 3.8) is 0 Å². The Morgan fingerprint density at radius 2 is 1.63 bits per heavy atom. The van der Waals surface area contributed by atoms with E-state index >= 15 is 0 Å². The third-order valence-electron chi connectivity index (χ3n) is 5.67. The van der Waals surface area contributed by atoms with Crippen molar-refractivity contribution >= 4 is 5.69 Å². The molecule has 1 aliphatic heterocycles. The second kappa shape index (κ2) is 6.99. The van der Waals surface area contributed by atoms with E-state index in [1.807, 2.05) is 13.1 Å². The summed E-state index contributed by atoms with van der Waals surface area (Å²) < 4.78 is 6.07. The van der Waals surface area contributed by atoms with Gasteiger partial charge in [-0.3, -0.25) is 0 Å². The molecule has 1 aliphatic rings. The summed E-state index contributed by atoms with van der Waals surface area (Å²) in [7, 11) is 1.93. The Morgan fingerprint density at radius 1 is 0.889 bits per heavy atom. The van der Waals surface area contributed by atoms with Gasteiger partial charge in [-0.05, 0) is 54.3 Å². The van der Waals surface area contributed by atoms with Crippen LogP contribution in [0.15, 0.2) is 60.7 Å². The Hall–Kier alpha value is -2.94. The molecule has 27 heavy (non-hydrogen) atoms. The lowest BCUT2D eigenvalue weighted by Crippen LogP contribution is -2.25. The summed E-state index contributed by atoms with van der Waals surface area (Å²) in [6.45, 7) is 4.89. The lowest BCUT2D eigenvalue weighted by molar-refractivity contribution is 0.247. The van der Waals surface area contributed by atoms with Gasteiger partial charge < -0.3 is 15.2 Å². The number of anilines is 1. The molecule has 0 saturated carbocycles. The highest BCUT2D eigenvalue weighted by Gasteiger charge is 2.33. The van der Waals surface area contributed by atoms with Crippen molar-refractivity contribution < 1.29 is 9.84 Å². The van der Waals surface area contributed by atoms with Crippen molar-refractivity contribution in [2.45, 2.75) is 25.7 Å². The van der Waals surface area contributed by atoms with Crippen molar-refractivity contribution in [1.29, 1.82) is 0 Å². The summed E-state index contributed by atoms with van der Waals surface area (Å²) in [6.07, 6.45) is 0. The van der Waals surface area contributed by atoms with Crippen LogP contribution in [-0.2, 0) is 0 Å². The zero-order valence-corrected chi connectivity index (χ0v) is 16.0. The highest BCUT2D eigenvalue weighted by atomic mass is 16.5. The zero-order valence-electron chi connectivity index (χ0n) is 16.0. The molecule has 1 heterocycles. The van der Waals surface area contributed by atoms with Gasteiger partial charge in [0.15, 0.2) is 0 Å². The molecule has 0 bridgehead atoms. The van der Waals surface area contributed by atoms with Crippen LogP contribution in [-0.4, -0.2) is 18.8 Å². The molecule has 3 aromatic rings. The minimum absolute atomic E-state index is 0.183. The van der Waals surface area contributed by atoms with Gasteiger partial charge in [0, 0.05) is 36.2 Å². The van der Waals surface area contributed by atoms with Crippen LogP contribution >= 0.6 is 0 Å². The largest absolute Gasteiger partial charge is 0.508 e. The summed E-state index contributed by atoms with van der Waals surface area (Å²) >= 11 is 0. The number of fused-ring (bicyclic) bond motifs is 1. The minimum atomic E-state index is 0.183. The SMILES string of the molecule is CNc1ccc(C2c3ccc(O)cc3OCC2c2ccc(C)c(C)c2)cc1. The molecule has 2 unspecified atom stereocenters. The Labute approximate surface area is 160 Å². The molecule has 0 spiro atoms. The van der Waals surface area contributed by atoms with E-state index in [1.54, 1.807) is 12.1 Å². The summed E-state index contributed by atoms with van der Waals surface area (Å²) in [5.74, 6) is 1.42. The number of aryl methyl sites for hydroxylation is 2. The number of hydrogen-bond donors (Lipinski definition) is 2. The monoisotopic (exact) mass is 359 g/mol. The third kappa shape index (κ3) is 3.25. The van der Waals surface area contributed by atoms with Crippen LogP contribution in [0.2, 0.25) is 0 Å². The number of rotatable bonds is 3. The highest BCUT2D eigenvalue weighted by Crippen LogP contribution is 2.47. The number of phenolic OH excluding ortho intramolecular Hbond substituents is 1. The number of nitrogens with one attached hydrogen (secondary N) is 1. The van der Waals surface area contributed by atoms with Gasteiger partial charge in [-0.2, -0.15) is 0 Å². The fourth-order valence-electron chi connectivity index (χ4n) is 3.95. The summed E-state index contributed by atoms with van der Waals surface area (Å²) in [6, 6.07) is 20.8. The first-order valence-corrected chi connectivity index (χ1v) is 9.37. The fourth-order valence-corrected chi connectivity index (χ4v) is 3.95. The molecule has 2 atom stereocenters. The van der Waals surface area contributed by atoms with Gasteiger partial charge in [-0.15, -0.1) is 0 Å². The van der Waals surface area contributed by atoms with Crippen LogP contribution in [0.25, 0.3) is 0 Å².